The van der Waals surface area contributed by atoms with Crippen LogP contribution >= 0.6 is 23.2 Å². The predicted octanol–water partition coefficient (Wildman–Crippen LogP) is 8.36. The van der Waals surface area contributed by atoms with Crippen LogP contribution in [0.15, 0.2) is 30.3 Å². The van der Waals surface area contributed by atoms with Crippen LogP contribution in [0.2, 0.25) is 10.0 Å². The third-order valence-electron chi connectivity index (χ3n) is 9.24. The fraction of sp³-hybridized carbons (Fsp3) is 0.606. The standard InChI is InChI=1S/C33H43Cl2FN2O3S/c1-5-30(23-12-25(34)15-26(35)13-23)38-10-8-33(9-11-38)17-21(18-33)19-41-20-24-14-29(36)28(16-27(24)22-6-7-22)31(39)37-42(40)32(2,3)4/h12-16,21-22,30H,5-11,17-20H2,1-4H3,(H,37,39). The van der Waals surface area contributed by atoms with E-state index in [2.05, 4.69) is 16.5 Å². The van der Waals surface area contributed by atoms with Crippen molar-refractivity contribution < 1.29 is 18.5 Å². The van der Waals surface area contributed by atoms with Gasteiger partial charge < -0.3 is 9.29 Å². The third-order valence-corrected chi connectivity index (χ3v) is 11.2. The molecular formula is C33H43Cl2FN2O3S. The summed E-state index contributed by atoms with van der Waals surface area (Å²) >= 11 is 11.0. The van der Waals surface area contributed by atoms with Gasteiger partial charge in [-0.15, -0.1) is 0 Å². The first-order valence-electron chi connectivity index (χ1n) is 15.2. The second-order valence-electron chi connectivity index (χ2n) is 13.6. The molecule has 5 nitrogen and oxygen atoms in total. The Morgan fingerprint density at radius 3 is 2.36 bits per heavy atom. The SMILES string of the molecule is CCC(c1cc(Cl)cc(Cl)c1)N1CCC2(CC1)CC(COCc1cc(F)c(C(=O)N[S+]([O-])C(C)(C)C)cc1C1CC1)C2. The zero-order valence-corrected chi connectivity index (χ0v) is 27.4. The number of nitrogens with zero attached hydrogens (tertiary/aromatic N) is 1. The van der Waals surface area contributed by atoms with Gasteiger partial charge in [-0.25, -0.2) is 4.39 Å². The summed E-state index contributed by atoms with van der Waals surface area (Å²) in [6.07, 6.45) is 7.80. The van der Waals surface area contributed by atoms with Crippen LogP contribution < -0.4 is 4.72 Å². The van der Waals surface area contributed by atoms with Crippen LogP contribution in [0.5, 0.6) is 0 Å². The summed E-state index contributed by atoms with van der Waals surface area (Å²) in [7, 11) is 0. The average molecular weight is 638 g/mol. The monoisotopic (exact) mass is 636 g/mol. The highest BCUT2D eigenvalue weighted by Gasteiger charge is 2.46. The number of hydrogen-bond acceptors (Lipinski definition) is 4. The second-order valence-corrected chi connectivity index (χ2v) is 16.4. The van der Waals surface area contributed by atoms with E-state index in [0.717, 1.165) is 43.5 Å². The molecule has 230 valence electrons. The zero-order chi connectivity index (χ0) is 30.2. The molecule has 0 aromatic heterocycles. The Balaban J connectivity index is 1.12. The number of ether oxygens (including phenoxy) is 1. The van der Waals surface area contributed by atoms with Crippen molar-refractivity contribution in [3.05, 3.63) is 68.4 Å². The third kappa shape index (κ3) is 7.47. The molecule has 3 aliphatic rings. The first-order valence-corrected chi connectivity index (χ1v) is 17.1. The van der Waals surface area contributed by atoms with Crippen LogP contribution in [0.25, 0.3) is 0 Å². The van der Waals surface area contributed by atoms with E-state index >= 15 is 4.39 Å². The average Bonchev–Trinajstić information content (AvgIpc) is 3.73. The van der Waals surface area contributed by atoms with Crippen molar-refractivity contribution in [1.29, 1.82) is 0 Å². The smallest absolute Gasteiger partial charge is 0.295 e. The highest BCUT2D eigenvalue weighted by atomic mass is 35.5. The molecule has 0 radical (unpaired) electrons. The van der Waals surface area contributed by atoms with Crippen LogP contribution in [-0.4, -0.2) is 39.8 Å². The first kappa shape index (κ1) is 32.1. The van der Waals surface area contributed by atoms with E-state index in [1.165, 1.54) is 37.3 Å². The molecule has 1 aliphatic heterocycles. The number of likely N-dealkylation sites (tertiary alicyclic amines) is 1. The van der Waals surface area contributed by atoms with Gasteiger partial charge in [-0.05, 0) is 143 Å². The van der Waals surface area contributed by atoms with Crippen molar-refractivity contribution in [2.45, 2.75) is 96.0 Å². The Hall–Kier alpha value is -1.35. The van der Waals surface area contributed by atoms with E-state index in [9.17, 15) is 9.35 Å². The summed E-state index contributed by atoms with van der Waals surface area (Å²) in [5, 5.41) is 1.38. The number of rotatable bonds is 10. The molecule has 2 aromatic rings. The van der Waals surface area contributed by atoms with Crippen LogP contribution in [0.4, 0.5) is 4.39 Å². The Labute approximate surface area is 263 Å². The molecule has 3 fully saturated rings. The summed E-state index contributed by atoms with van der Waals surface area (Å²) < 4.78 is 35.4. The van der Waals surface area contributed by atoms with Crippen molar-refractivity contribution >= 4 is 40.5 Å². The number of carbonyl (C=O) groups is 1. The maximum absolute atomic E-state index is 15.0. The largest absolute Gasteiger partial charge is 0.593 e. The summed E-state index contributed by atoms with van der Waals surface area (Å²) in [5.74, 6) is -0.378. The van der Waals surface area contributed by atoms with Gasteiger partial charge in [-0.3, -0.25) is 9.69 Å². The summed E-state index contributed by atoms with van der Waals surface area (Å²) in [6, 6.07) is 9.29. The van der Waals surface area contributed by atoms with Gasteiger partial charge in [0.2, 0.25) is 0 Å². The lowest BCUT2D eigenvalue weighted by molar-refractivity contribution is -0.0594. The topological polar surface area (TPSA) is 64.6 Å². The van der Waals surface area contributed by atoms with Crippen molar-refractivity contribution in [2.75, 3.05) is 19.7 Å². The molecule has 42 heavy (non-hydrogen) atoms. The molecular weight excluding hydrogens is 594 g/mol. The molecule has 2 atom stereocenters. The van der Waals surface area contributed by atoms with Crippen LogP contribution in [-0.2, 0) is 22.7 Å². The lowest BCUT2D eigenvalue weighted by Crippen LogP contribution is -2.48. The van der Waals surface area contributed by atoms with Crippen molar-refractivity contribution in [1.82, 2.24) is 9.62 Å². The molecule has 9 heteroatoms. The van der Waals surface area contributed by atoms with Gasteiger partial charge >= 0.3 is 0 Å². The lowest BCUT2D eigenvalue weighted by atomic mass is 9.57. The summed E-state index contributed by atoms with van der Waals surface area (Å²) in [4.78, 5) is 15.3. The minimum atomic E-state index is -1.61. The quantitative estimate of drug-likeness (QED) is 0.266. The van der Waals surface area contributed by atoms with E-state index in [1.807, 2.05) is 12.1 Å². The van der Waals surface area contributed by atoms with E-state index in [-0.39, 0.29) is 5.56 Å². The van der Waals surface area contributed by atoms with Gasteiger partial charge in [0, 0.05) is 22.7 Å². The number of carbonyl (C=O) groups excluding carboxylic acids is 1. The van der Waals surface area contributed by atoms with Crippen LogP contribution in [0, 0.1) is 17.2 Å². The Morgan fingerprint density at radius 1 is 1.14 bits per heavy atom. The molecule has 2 unspecified atom stereocenters. The second kappa shape index (κ2) is 12.9. The Bertz CT molecular complexity index is 1260. The van der Waals surface area contributed by atoms with Gasteiger partial charge in [0.1, 0.15) is 10.6 Å². The van der Waals surface area contributed by atoms with E-state index in [0.29, 0.717) is 46.6 Å². The van der Waals surface area contributed by atoms with E-state index < -0.39 is 27.8 Å². The summed E-state index contributed by atoms with van der Waals surface area (Å²) in [6.45, 7) is 10.7. The van der Waals surface area contributed by atoms with Crippen LogP contribution in [0.1, 0.15) is 112 Å². The van der Waals surface area contributed by atoms with Gasteiger partial charge in [0.25, 0.3) is 5.91 Å². The zero-order valence-electron chi connectivity index (χ0n) is 25.1. The molecule has 2 aromatic carbocycles. The molecule has 1 heterocycles. The maximum atomic E-state index is 15.0. The minimum absolute atomic E-state index is 0.0469. The van der Waals surface area contributed by atoms with E-state index in [1.54, 1.807) is 32.9 Å². The molecule has 0 bridgehead atoms. The molecule has 2 saturated carbocycles. The number of amides is 1. The maximum Gasteiger partial charge on any atom is 0.295 e. The summed E-state index contributed by atoms with van der Waals surface area (Å²) in [5.41, 5.74) is 3.35. The number of halogens is 3. The normalized spacial score (nSPS) is 20.8. The van der Waals surface area contributed by atoms with Gasteiger partial charge in [0.15, 0.2) is 0 Å². The fourth-order valence-corrected chi connectivity index (χ4v) is 7.93. The molecule has 5 rings (SSSR count). The van der Waals surface area contributed by atoms with E-state index in [4.69, 9.17) is 27.9 Å². The molecule has 1 amide bonds. The number of benzene rings is 2. The van der Waals surface area contributed by atoms with Crippen LogP contribution in [0.3, 0.4) is 0 Å². The van der Waals surface area contributed by atoms with Gasteiger partial charge in [-0.1, -0.05) is 30.1 Å². The Kier molecular flexibility index (Phi) is 9.88. The number of nitrogens with one attached hydrogen (secondary N) is 1. The highest BCUT2D eigenvalue weighted by Crippen LogP contribution is 2.53. The highest BCUT2D eigenvalue weighted by molar-refractivity contribution is 7.91. The van der Waals surface area contributed by atoms with Gasteiger partial charge in [0.05, 0.1) is 23.5 Å². The number of hydrogen-bond donors (Lipinski definition) is 1. The number of piperidine rings is 1. The lowest BCUT2D eigenvalue weighted by Gasteiger charge is -2.53. The molecule has 1 N–H and O–H groups in total. The van der Waals surface area contributed by atoms with Crippen molar-refractivity contribution in [2.24, 2.45) is 11.3 Å². The molecule has 1 spiro atoms. The van der Waals surface area contributed by atoms with Gasteiger partial charge in [-0.2, -0.15) is 4.72 Å². The minimum Gasteiger partial charge on any atom is -0.593 e. The Morgan fingerprint density at radius 2 is 1.79 bits per heavy atom. The molecule has 1 saturated heterocycles. The predicted molar refractivity (Wildman–Crippen MR) is 169 cm³/mol. The fourth-order valence-electron chi connectivity index (χ4n) is 6.81. The van der Waals surface area contributed by atoms with Crippen molar-refractivity contribution in [3.8, 4) is 0 Å². The molecule has 2 aliphatic carbocycles. The first-order chi connectivity index (χ1) is 19.9. The van der Waals surface area contributed by atoms with Crippen molar-refractivity contribution in [3.63, 3.8) is 0 Å².